The molecule has 0 radical (unpaired) electrons. The normalized spacial score (nSPS) is 23.9. The summed E-state index contributed by atoms with van der Waals surface area (Å²) in [6.07, 6.45) is 6.62. The molecule has 2 heterocycles. The highest BCUT2D eigenvalue weighted by molar-refractivity contribution is 5.38. The molecule has 1 N–H and O–H groups in total. The van der Waals surface area contributed by atoms with Gasteiger partial charge < -0.3 is 10.1 Å². The Morgan fingerprint density at radius 2 is 2.05 bits per heavy atom. The highest BCUT2D eigenvalue weighted by Gasteiger charge is 2.19. The lowest BCUT2D eigenvalue weighted by molar-refractivity contribution is 0.218. The second-order valence-electron chi connectivity index (χ2n) is 6.06. The minimum Gasteiger partial charge on any atom is -0.496 e. The molecule has 3 rings (SSSR count). The lowest BCUT2D eigenvalue weighted by Gasteiger charge is -2.27. The van der Waals surface area contributed by atoms with Gasteiger partial charge in [-0.2, -0.15) is 0 Å². The molecule has 20 heavy (non-hydrogen) atoms. The minimum absolute atomic E-state index is 0.543. The van der Waals surface area contributed by atoms with Crippen molar-refractivity contribution in [3.8, 4) is 5.75 Å². The topological polar surface area (TPSA) is 24.5 Å². The Hall–Kier alpha value is -1.06. The number of likely N-dealkylation sites (tertiary alicyclic amines) is 1. The van der Waals surface area contributed by atoms with E-state index < -0.39 is 0 Å². The SMILES string of the molecule is COc1ccc(C2CCCN2)cc1CN1CCCCC1. The first-order chi connectivity index (χ1) is 9.86. The maximum Gasteiger partial charge on any atom is 0.123 e. The van der Waals surface area contributed by atoms with Crippen LogP contribution in [-0.4, -0.2) is 31.6 Å². The molecule has 2 aliphatic rings. The smallest absolute Gasteiger partial charge is 0.123 e. The summed E-state index contributed by atoms with van der Waals surface area (Å²) in [5.41, 5.74) is 2.77. The molecule has 2 fully saturated rings. The molecule has 2 saturated heterocycles. The summed E-state index contributed by atoms with van der Waals surface area (Å²) in [4.78, 5) is 2.56. The molecule has 3 nitrogen and oxygen atoms in total. The van der Waals surface area contributed by atoms with Gasteiger partial charge in [0.25, 0.3) is 0 Å². The van der Waals surface area contributed by atoms with E-state index in [0.717, 1.165) is 18.8 Å². The lowest BCUT2D eigenvalue weighted by Crippen LogP contribution is -2.29. The third kappa shape index (κ3) is 3.15. The van der Waals surface area contributed by atoms with Crippen LogP contribution in [0, 0.1) is 0 Å². The van der Waals surface area contributed by atoms with E-state index >= 15 is 0 Å². The Labute approximate surface area is 122 Å². The van der Waals surface area contributed by atoms with Crippen molar-refractivity contribution in [1.29, 1.82) is 0 Å². The molecule has 110 valence electrons. The monoisotopic (exact) mass is 274 g/mol. The van der Waals surface area contributed by atoms with Gasteiger partial charge in [0.2, 0.25) is 0 Å². The summed E-state index contributed by atoms with van der Waals surface area (Å²) in [7, 11) is 1.78. The van der Waals surface area contributed by atoms with Gasteiger partial charge in [-0.05, 0) is 63.0 Å². The van der Waals surface area contributed by atoms with Crippen molar-refractivity contribution in [3.05, 3.63) is 29.3 Å². The largest absolute Gasteiger partial charge is 0.496 e. The third-order valence-electron chi connectivity index (χ3n) is 4.61. The number of benzene rings is 1. The van der Waals surface area contributed by atoms with Crippen molar-refractivity contribution in [2.75, 3.05) is 26.7 Å². The maximum absolute atomic E-state index is 5.56. The van der Waals surface area contributed by atoms with Crippen LogP contribution >= 0.6 is 0 Å². The van der Waals surface area contributed by atoms with E-state index in [0.29, 0.717) is 6.04 Å². The van der Waals surface area contributed by atoms with Crippen LogP contribution in [0.3, 0.4) is 0 Å². The van der Waals surface area contributed by atoms with Crippen molar-refractivity contribution < 1.29 is 4.74 Å². The molecule has 3 heteroatoms. The van der Waals surface area contributed by atoms with Crippen LogP contribution in [0.5, 0.6) is 5.75 Å². The standard InChI is InChI=1S/C17H26N2O/c1-20-17-8-7-14(16-6-5-9-18-16)12-15(17)13-19-10-3-2-4-11-19/h7-8,12,16,18H,2-6,9-11,13H2,1H3. The lowest BCUT2D eigenvalue weighted by atomic mass is 10.0. The summed E-state index contributed by atoms with van der Waals surface area (Å²) >= 11 is 0. The van der Waals surface area contributed by atoms with Crippen molar-refractivity contribution >= 4 is 0 Å². The predicted molar refractivity (Wildman–Crippen MR) is 82.1 cm³/mol. The molecule has 0 amide bonds. The number of ether oxygens (including phenoxy) is 1. The van der Waals surface area contributed by atoms with E-state index in [1.54, 1.807) is 7.11 Å². The van der Waals surface area contributed by atoms with Crippen LogP contribution in [-0.2, 0) is 6.54 Å². The van der Waals surface area contributed by atoms with E-state index in [2.05, 4.69) is 28.4 Å². The fourth-order valence-electron chi connectivity index (χ4n) is 3.47. The fourth-order valence-corrected chi connectivity index (χ4v) is 3.47. The molecule has 1 atom stereocenters. The molecule has 0 saturated carbocycles. The van der Waals surface area contributed by atoms with Gasteiger partial charge in [0, 0.05) is 18.2 Å². The molecule has 0 aromatic heterocycles. The zero-order valence-corrected chi connectivity index (χ0v) is 12.5. The van der Waals surface area contributed by atoms with Gasteiger partial charge in [-0.1, -0.05) is 12.5 Å². The van der Waals surface area contributed by atoms with E-state index in [1.165, 1.54) is 56.3 Å². The second-order valence-corrected chi connectivity index (χ2v) is 6.06. The van der Waals surface area contributed by atoms with Crippen molar-refractivity contribution in [3.63, 3.8) is 0 Å². The van der Waals surface area contributed by atoms with E-state index in [-0.39, 0.29) is 0 Å². The van der Waals surface area contributed by atoms with Crippen molar-refractivity contribution in [2.24, 2.45) is 0 Å². The molecule has 1 aromatic carbocycles. The predicted octanol–water partition coefficient (Wildman–Crippen LogP) is 3.11. The minimum atomic E-state index is 0.543. The first kappa shape index (κ1) is 13.9. The number of hydrogen-bond donors (Lipinski definition) is 1. The van der Waals surface area contributed by atoms with E-state index in [4.69, 9.17) is 4.74 Å². The highest BCUT2D eigenvalue weighted by atomic mass is 16.5. The summed E-state index contributed by atoms with van der Waals surface area (Å²) in [6, 6.07) is 7.27. The van der Waals surface area contributed by atoms with Gasteiger partial charge in [-0.25, -0.2) is 0 Å². The molecular formula is C17H26N2O. The molecule has 0 spiro atoms. The third-order valence-corrected chi connectivity index (χ3v) is 4.61. The van der Waals surface area contributed by atoms with Gasteiger partial charge in [-0.15, -0.1) is 0 Å². The van der Waals surface area contributed by atoms with Crippen LogP contribution in [0.4, 0.5) is 0 Å². The van der Waals surface area contributed by atoms with Gasteiger partial charge in [0.05, 0.1) is 7.11 Å². The molecular weight excluding hydrogens is 248 g/mol. The average Bonchev–Trinajstić information content (AvgIpc) is 3.02. The quantitative estimate of drug-likeness (QED) is 0.913. The van der Waals surface area contributed by atoms with Crippen LogP contribution in [0.15, 0.2) is 18.2 Å². The number of rotatable bonds is 4. The van der Waals surface area contributed by atoms with Crippen molar-refractivity contribution in [1.82, 2.24) is 10.2 Å². The van der Waals surface area contributed by atoms with Gasteiger partial charge in [0.1, 0.15) is 5.75 Å². The Bertz CT molecular complexity index is 435. The number of nitrogens with zero attached hydrogens (tertiary/aromatic N) is 1. The summed E-state index contributed by atoms with van der Waals surface area (Å²) in [6.45, 7) is 4.64. The summed E-state index contributed by atoms with van der Waals surface area (Å²) in [5.74, 6) is 1.04. The molecule has 0 bridgehead atoms. The van der Waals surface area contributed by atoms with Gasteiger partial charge in [-0.3, -0.25) is 4.90 Å². The van der Waals surface area contributed by atoms with Crippen LogP contribution in [0.1, 0.15) is 49.3 Å². The Balaban J connectivity index is 1.76. The number of hydrogen-bond acceptors (Lipinski definition) is 3. The van der Waals surface area contributed by atoms with E-state index in [9.17, 15) is 0 Å². The van der Waals surface area contributed by atoms with Crippen LogP contribution in [0.25, 0.3) is 0 Å². The molecule has 1 unspecified atom stereocenters. The second kappa shape index (κ2) is 6.59. The first-order valence-corrected chi connectivity index (χ1v) is 7.99. The fraction of sp³-hybridized carbons (Fsp3) is 0.647. The highest BCUT2D eigenvalue weighted by Crippen LogP contribution is 2.29. The summed E-state index contributed by atoms with van der Waals surface area (Å²) in [5, 5.41) is 3.59. The zero-order chi connectivity index (χ0) is 13.8. The molecule has 1 aromatic rings. The maximum atomic E-state index is 5.56. The van der Waals surface area contributed by atoms with Crippen LogP contribution < -0.4 is 10.1 Å². The van der Waals surface area contributed by atoms with E-state index in [1.807, 2.05) is 0 Å². The van der Waals surface area contributed by atoms with Gasteiger partial charge >= 0.3 is 0 Å². The Kier molecular flexibility index (Phi) is 4.58. The Morgan fingerprint density at radius 3 is 2.75 bits per heavy atom. The molecule has 2 aliphatic heterocycles. The first-order valence-electron chi connectivity index (χ1n) is 7.99. The number of piperidine rings is 1. The van der Waals surface area contributed by atoms with Crippen LogP contribution in [0.2, 0.25) is 0 Å². The average molecular weight is 274 g/mol. The van der Waals surface area contributed by atoms with Crippen molar-refractivity contribution in [2.45, 2.75) is 44.7 Å². The summed E-state index contributed by atoms with van der Waals surface area (Å²) < 4.78 is 5.56. The zero-order valence-electron chi connectivity index (χ0n) is 12.5. The Morgan fingerprint density at radius 1 is 1.20 bits per heavy atom. The number of methoxy groups -OCH3 is 1. The molecule has 0 aliphatic carbocycles. The van der Waals surface area contributed by atoms with Gasteiger partial charge in [0.15, 0.2) is 0 Å². The number of nitrogens with one attached hydrogen (secondary N) is 1.